The Balaban J connectivity index is 1.67. The molecule has 5 heteroatoms. The van der Waals surface area contributed by atoms with Crippen molar-refractivity contribution in [2.24, 2.45) is 4.99 Å². The van der Waals surface area contributed by atoms with Gasteiger partial charge in [-0.3, -0.25) is 4.98 Å². The number of aromatic nitrogens is 1. The van der Waals surface area contributed by atoms with Crippen molar-refractivity contribution in [1.29, 1.82) is 0 Å². The summed E-state index contributed by atoms with van der Waals surface area (Å²) in [6.07, 6.45) is 3.18. The lowest BCUT2D eigenvalue weighted by molar-refractivity contribution is 0.168. The Hall–Kier alpha value is -2.82. The van der Waals surface area contributed by atoms with Crippen molar-refractivity contribution in [3.8, 4) is 0 Å². The molecule has 4 rings (SSSR count). The molecule has 0 spiro atoms. The molecule has 2 aromatic carbocycles. The smallest absolute Gasteiger partial charge is 0.218 e. The van der Waals surface area contributed by atoms with Crippen molar-refractivity contribution >= 4 is 16.8 Å². The van der Waals surface area contributed by atoms with E-state index in [1.807, 2.05) is 25.1 Å². The van der Waals surface area contributed by atoms with Crippen molar-refractivity contribution in [2.45, 2.75) is 31.9 Å². The molecule has 2 unspecified atom stereocenters. The van der Waals surface area contributed by atoms with Gasteiger partial charge in [-0.1, -0.05) is 30.3 Å². The Morgan fingerprint density at radius 3 is 2.73 bits per heavy atom. The lowest BCUT2D eigenvalue weighted by atomic mass is 10.00. The van der Waals surface area contributed by atoms with Gasteiger partial charge in [-0.25, -0.2) is 13.8 Å². The lowest BCUT2D eigenvalue weighted by Gasteiger charge is -2.26. The molecule has 0 N–H and O–H groups in total. The number of halogens is 2. The maximum absolute atomic E-state index is 13.8. The van der Waals surface area contributed by atoms with Crippen LogP contribution in [0.3, 0.4) is 0 Å². The van der Waals surface area contributed by atoms with E-state index in [1.165, 1.54) is 17.8 Å². The Labute approximate surface area is 150 Å². The maximum Gasteiger partial charge on any atom is 0.218 e. The summed E-state index contributed by atoms with van der Waals surface area (Å²) in [5, 5.41) is 0.519. The standard InChI is InChI=1S/C21H18F2N2O/c1-13-9-17(10-14-5-3-2-4-6-14)25-21(26-13)16-11-15-7-8-18(22)19(23)20(15)24-12-16/h2-8,11-13,17H,9-10H2,1H3. The second kappa shape index (κ2) is 6.83. The minimum absolute atomic E-state index is 0.0130. The van der Waals surface area contributed by atoms with Gasteiger partial charge in [0.15, 0.2) is 11.6 Å². The van der Waals surface area contributed by atoms with E-state index in [4.69, 9.17) is 9.73 Å². The first-order valence-corrected chi connectivity index (χ1v) is 8.62. The molecule has 2 heterocycles. The third-order valence-corrected chi connectivity index (χ3v) is 4.52. The van der Waals surface area contributed by atoms with Crippen LogP contribution in [-0.4, -0.2) is 23.0 Å². The highest BCUT2D eigenvalue weighted by atomic mass is 19.2. The van der Waals surface area contributed by atoms with Gasteiger partial charge in [0.25, 0.3) is 0 Å². The van der Waals surface area contributed by atoms with Crippen LogP contribution in [0.2, 0.25) is 0 Å². The molecule has 3 nitrogen and oxygen atoms in total. The zero-order valence-electron chi connectivity index (χ0n) is 14.3. The van der Waals surface area contributed by atoms with Crippen molar-refractivity contribution < 1.29 is 13.5 Å². The zero-order valence-corrected chi connectivity index (χ0v) is 14.3. The first-order chi connectivity index (χ1) is 12.6. The fourth-order valence-corrected chi connectivity index (χ4v) is 3.29. The molecule has 132 valence electrons. The minimum atomic E-state index is -0.934. The highest BCUT2D eigenvalue weighted by molar-refractivity contribution is 5.97. The Kier molecular flexibility index (Phi) is 4.37. The predicted molar refractivity (Wildman–Crippen MR) is 97.3 cm³/mol. The summed E-state index contributed by atoms with van der Waals surface area (Å²) in [5.74, 6) is -1.33. The topological polar surface area (TPSA) is 34.5 Å². The Bertz CT molecular complexity index is 972. The number of aliphatic imine (C=N–C) groups is 1. The normalized spacial score (nSPS) is 19.9. The SMILES string of the molecule is CC1CC(Cc2ccccc2)N=C(c2cnc3c(F)c(F)ccc3c2)O1. The summed E-state index contributed by atoms with van der Waals surface area (Å²) in [7, 11) is 0. The molecule has 2 atom stereocenters. The van der Waals surface area contributed by atoms with E-state index in [2.05, 4.69) is 17.1 Å². The molecule has 0 radical (unpaired) electrons. The molecule has 1 aliphatic rings. The average Bonchev–Trinajstić information content (AvgIpc) is 2.65. The van der Waals surface area contributed by atoms with Gasteiger partial charge in [-0.2, -0.15) is 0 Å². The molecule has 1 aliphatic heterocycles. The molecule has 0 saturated carbocycles. The number of pyridine rings is 1. The Morgan fingerprint density at radius 1 is 1.12 bits per heavy atom. The molecule has 1 aromatic heterocycles. The van der Waals surface area contributed by atoms with E-state index in [9.17, 15) is 8.78 Å². The van der Waals surface area contributed by atoms with Crippen LogP contribution >= 0.6 is 0 Å². The summed E-state index contributed by atoms with van der Waals surface area (Å²) in [4.78, 5) is 8.81. The van der Waals surface area contributed by atoms with E-state index in [0.29, 0.717) is 16.8 Å². The number of rotatable bonds is 3. The van der Waals surface area contributed by atoms with E-state index in [0.717, 1.165) is 18.9 Å². The van der Waals surface area contributed by atoms with Crippen LogP contribution in [-0.2, 0) is 11.2 Å². The molecule has 0 amide bonds. The van der Waals surface area contributed by atoms with Gasteiger partial charge < -0.3 is 4.74 Å². The van der Waals surface area contributed by atoms with Gasteiger partial charge in [-0.05, 0) is 37.1 Å². The number of fused-ring (bicyclic) bond motifs is 1. The van der Waals surface area contributed by atoms with Gasteiger partial charge in [0.05, 0.1) is 17.7 Å². The number of hydrogen-bond donors (Lipinski definition) is 0. The maximum atomic E-state index is 13.8. The van der Waals surface area contributed by atoms with E-state index in [1.54, 1.807) is 6.07 Å². The number of hydrogen-bond acceptors (Lipinski definition) is 3. The molecule has 3 aromatic rings. The predicted octanol–water partition coefficient (Wildman–Crippen LogP) is 4.68. The van der Waals surface area contributed by atoms with E-state index < -0.39 is 11.6 Å². The third-order valence-electron chi connectivity index (χ3n) is 4.52. The summed E-state index contributed by atoms with van der Waals surface area (Å²) < 4.78 is 33.1. The second-order valence-electron chi connectivity index (χ2n) is 6.60. The van der Waals surface area contributed by atoms with Crippen molar-refractivity contribution in [2.75, 3.05) is 0 Å². The minimum Gasteiger partial charge on any atom is -0.474 e. The lowest BCUT2D eigenvalue weighted by Crippen LogP contribution is -2.29. The van der Waals surface area contributed by atoms with Crippen molar-refractivity contribution in [1.82, 2.24) is 4.98 Å². The van der Waals surface area contributed by atoms with Gasteiger partial charge in [0.1, 0.15) is 5.52 Å². The first kappa shape index (κ1) is 16.6. The fourth-order valence-electron chi connectivity index (χ4n) is 3.29. The summed E-state index contributed by atoms with van der Waals surface area (Å²) in [5.41, 5.74) is 1.91. The van der Waals surface area contributed by atoms with Crippen LogP contribution < -0.4 is 0 Å². The quantitative estimate of drug-likeness (QED) is 0.686. The molecule has 0 aliphatic carbocycles. The molecule has 26 heavy (non-hydrogen) atoms. The highest BCUT2D eigenvalue weighted by Crippen LogP contribution is 2.24. The molecule has 0 fully saturated rings. The average molecular weight is 352 g/mol. The molecule has 0 saturated heterocycles. The Morgan fingerprint density at radius 2 is 1.92 bits per heavy atom. The van der Waals surface area contributed by atoms with Gasteiger partial charge in [0.2, 0.25) is 5.90 Å². The van der Waals surface area contributed by atoms with Gasteiger partial charge >= 0.3 is 0 Å². The molecule has 0 bridgehead atoms. The van der Waals surface area contributed by atoms with Gasteiger partial charge in [-0.15, -0.1) is 0 Å². The summed E-state index contributed by atoms with van der Waals surface area (Å²) in [6, 6.07) is 14.7. The van der Waals surface area contributed by atoms with Crippen molar-refractivity contribution in [3.63, 3.8) is 0 Å². The van der Waals surface area contributed by atoms with Crippen LogP contribution in [0.4, 0.5) is 8.78 Å². The van der Waals surface area contributed by atoms with Gasteiger partial charge in [0, 0.05) is 18.0 Å². The van der Waals surface area contributed by atoms with Crippen LogP contribution in [0.1, 0.15) is 24.5 Å². The largest absolute Gasteiger partial charge is 0.474 e. The third kappa shape index (κ3) is 3.29. The molecular formula is C21H18F2N2O. The number of nitrogens with zero attached hydrogens (tertiary/aromatic N) is 2. The molecular weight excluding hydrogens is 334 g/mol. The van der Waals surface area contributed by atoms with Crippen molar-refractivity contribution in [3.05, 3.63) is 77.5 Å². The first-order valence-electron chi connectivity index (χ1n) is 8.62. The van der Waals surface area contributed by atoms with E-state index in [-0.39, 0.29) is 17.7 Å². The van der Waals surface area contributed by atoms with Crippen LogP contribution in [0.5, 0.6) is 0 Å². The fraction of sp³-hybridized carbons (Fsp3) is 0.238. The van der Waals surface area contributed by atoms with Crippen LogP contribution in [0, 0.1) is 11.6 Å². The van der Waals surface area contributed by atoms with Crippen LogP contribution in [0.25, 0.3) is 10.9 Å². The number of ether oxygens (including phenoxy) is 1. The summed E-state index contributed by atoms with van der Waals surface area (Å²) >= 11 is 0. The second-order valence-corrected chi connectivity index (χ2v) is 6.60. The zero-order chi connectivity index (χ0) is 18.1. The summed E-state index contributed by atoms with van der Waals surface area (Å²) in [6.45, 7) is 2.01. The monoisotopic (exact) mass is 352 g/mol. The highest BCUT2D eigenvalue weighted by Gasteiger charge is 2.23. The number of benzene rings is 2. The van der Waals surface area contributed by atoms with E-state index >= 15 is 0 Å². The van der Waals surface area contributed by atoms with Crippen LogP contribution in [0.15, 0.2) is 59.7 Å².